The van der Waals surface area contributed by atoms with E-state index in [0.29, 0.717) is 6.04 Å². The molecule has 0 amide bonds. The fourth-order valence-corrected chi connectivity index (χ4v) is 3.75. The highest BCUT2D eigenvalue weighted by molar-refractivity contribution is 5.30. The van der Waals surface area contributed by atoms with Gasteiger partial charge in [0.15, 0.2) is 0 Å². The SMILES string of the molecule is COCCCn1cc(C)nc1NC1CCN2CCCC2C1. The predicted octanol–water partition coefficient (Wildman–Crippen LogP) is 2.27. The summed E-state index contributed by atoms with van der Waals surface area (Å²) in [6, 6.07) is 1.38. The molecule has 0 radical (unpaired) electrons. The standard InChI is InChI=1S/C16H28N4O/c1-13-12-20(8-4-10-21-2)16(17-13)18-14-6-9-19-7-3-5-15(19)11-14/h12,14-15H,3-11H2,1-2H3,(H,17,18). The summed E-state index contributed by atoms with van der Waals surface area (Å²) in [6.45, 7) is 6.39. The average Bonchev–Trinajstić information content (AvgIpc) is 3.06. The first kappa shape index (κ1) is 14.9. The molecule has 5 heteroatoms. The van der Waals surface area contributed by atoms with Crippen molar-refractivity contribution in [2.75, 3.05) is 32.1 Å². The molecule has 2 aliphatic heterocycles. The first-order valence-electron chi connectivity index (χ1n) is 8.29. The van der Waals surface area contributed by atoms with Gasteiger partial charge in [0.2, 0.25) is 5.95 Å². The molecule has 0 bridgehead atoms. The third-order valence-electron chi connectivity index (χ3n) is 4.80. The number of nitrogens with one attached hydrogen (secondary N) is 1. The average molecular weight is 292 g/mol. The Morgan fingerprint density at radius 2 is 2.29 bits per heavy atom. The second kappa shape index (κ2) is 6.79. The van der Waals surface area contributed by atoms with Crippen molar-refractivity contribution in [2.45, 2.75) is 57.7 Å². The number of aryl methyl sites for hydroxylation is 2. The Labute approximate surface area is 127 Å². The molecule has 2 unspecified atom stereocenters. The smallest absolute Gasteiger partial charge is 0.203 e. The van der Waals surface area contributed by atoms with Crippen molar-refractivity contribution in [1.82, 2.24) is 14.5 Å². The molecule has 0 spiro atoms. The molecule has 21 heavy (non-hydrogen) atoms. The number of hydrogen-bond donors (Lipinski definition) is 1. The van der Waals surface area contributed by atoms with Crippen LogP contribution in [0, 0.1) is 6.92 Å². The lowest BCUT2D eigenvalue weighted by atomic mass is 9.98. The minimum atomic E-state index is 0.576. The van der Waals surface area contributed by atoms with Crippen LogP contribution in [0.5, 0.6) is 0 Å². The molecule has 0 aliphatic carbocycles. The van der Waals surface area contributed by atoms with Crippen LogP contribution in [0.3, 0.4) is 0 Å². The maximum atomic E-state index is 5.15. The number of nitrogens with zero attached hydrogens (tertiary/aromatic N) is 3. The van der Waals surface area contributed by atoms with Crippen LogP contribution in [0.15, 0.2) is 6.20 Å². The maximum absolute atomic E-state index is 5.15. The molecule has 3 heterocycles. The molecule has 2 atom stereocenters. The fourth-order valence-electron chi connectivity index (χ4n) is 3.75. The molecule has 1 aromatic rings. The van der Waals surface area contributed by atoms with Crippen molar-refractivity contribution in [3.63, 3.8) is 0 Å². The third-order valence-corrected chi connectivity index (χ3v) is 4.80. The zero-order valence-electron chi connectivity index (χ0n) is 13.3. The third kappa shape index (κ3) is 3.58. The molecule has 1 N–H and O–H groups in total. The van der Waals surface area contributed by atoms with Crippen molar-refractivity contribution in [2.24, 2.45) is 0 Å². The summed E-state index contributed by atoms with van der Waals surface area (Å²) in [7, 11) is 1.76. The topological polar surface area (TPSA) is 42.3 Å². The molecule has 2 aliphatic rings. The van der Waals surface area contributed by atoms with Crippen LogP contribution in [0.2, 0.25) is 0 Å². The predicted molar refractivity (Wildman–Crippen MR) is 84.7 cm³/mol. The Bertz CT molecular complexity index is 459. The number of piperidine rings is 1. The van der Waals surface area contributed by atoms with E-state index >= 15 is 0 Å². The van der Waals surface area contributed by atoms with Gasteiger partial charge in [-0.15, -0.1) is 0 Å². The van der Waals surface area contributed by atoms with Gasteiger partial charge in [-0.05, 0) is 45.6 Å². The van der Waals surface area contributed by atoms with Crippen LogP contribution in [0.25, 0.3) is 0 Å². The van der Waals surface area contributed by atoms with Gasteiger partial charge >= 0.3 is 0 Å². The number of hydrogen-bond acceptors (Lipinski definition) is 4. The van der Waals surface area contributed by atoms with Gasteiger partial charge in [0.1, 0.15) is 0 Å². The molecule has 2 saturated heterocycles. The van der Waals surface area contributed by atoms with Crippen LogP contribution in [0.4, 0.5) is 5.95 Å². The van der Waals surface area contributed by atoms with Crippen LogP contribution in [-0.2, 0) is 11.3 Å². The highest BCUT2D eigenvalue weighted by Gasteiger charge is 2.31. The van der Waals surface area contributed by atoms with Crippen LogP contribution in [0.1, 0.15) is 37.8 Å². The summed E-state index contributed by atoms with van der Waals surface area (Å²) in [5, 5.41) is 3.69. The highest BCUT2D eigenvalue weighted by Crippen LogP contribution is 2.28. The first-order valence-corrected chi connectivity index (χ1v) is 8.29. The molecule has 0 saturated carbocycles. The van der Waals surface area contributed by atoms with E-state index in [1.807, 2.05) is 0 Å². The van der Waals surface area contributed by atoms with Crippen LogP contribution >= 0.6 is 0 Å². The van der Waals surface area contributed by atoms with Crippen LogP contribution < -0.4 is 5.32 Å². The molecule has 2 fully saturated rings. The van der Waals surface area contributed by atoms with E-state index in [1.165, 1.54) is 38.8 Å². The van der Waals surface area contributed by atoms with E-state index < -0.39 is 0 Å². The summed E-state index contributed by atoms with van der Waals surface area (Å²) in [5.74, 6) is 1.04. The maximum Gasteiger partial charge on any atom is 0.203 e. The summed E-state index contributed by atoms with van der Waals surface area (Å²) < 4.78 is 7.39. The van der Waals surface area contributed by atoms with Gasteiger partial charge in [-0.1, -0.05) is 0 Å². The van der Waals surface area contributed by atoms with Gasteiger partial charge in [-0.2, -0.15) is 0 Å². The second-order valence-electron chi connectivity index (χ2n) is 6.44. The Morgan fingerprint density at radius 3 is 3.14 bits per heavy atom. The number of ether oxygens (including phenoxy) is 1. The molecule has 1 aromatic heterocycles. The van der Waals surface area contributed by atoms with Gasteiger partial charge in [-0.3, -0.25) is 0 Å². The molecular weight excluding hydrogens is 264 g/mol. The summed E-state index contributed by atoms with van der Waals surface area (Å²) in [4.78, 5) is 7.33. The van der Waals surface area contributed by atoms with Gasteiger partial charge < -0.3 is 19.5 Å². The zero-order valence-corrected chi connectivity index (χ0v) is 13.3. The quantitative estimate of drug-likeness (QED) is 0.817. The van der Waals surface area contributed by atoms with Gasteiger partial charge in [-0.25, -0.2) is 4.98 Å². The number of aromatic nitrogens is 2. The molecular formula is C16H28N4O. The van der Waals surface area contributed by atoms with E-state index in [4.69, 9.17) is 4.74 Å². The zero-order chi connectivity index (χ0) is 14.7. The monoisotopic (exact) mass is 292 g/mol. The van der Waals surface area contributed by atoms with Crippen molar-refractivity contribution in [3.05, 3.63) is 11.9 Å². The Morgan fingerprint density at radius 1 is 1.38 bits per heavy atom. The highest BCUT2D eigenvalue weighted by atomic mass is 16.5. The normalized spacial score (nSPS) is 26.0. The summed E-state index contributed by atoms with van der Waals surface area (Å²) in [6.07, 6.45) is 8.43. The number of imidazole rings is 1. The Balaban J connectivity index is 1.59. The van der Waals surface area contributed by atoms with E-state index in [9.17, 15) is 0 Å². The largest absolute Gasteiger partial charge is 0.385 e. The van der Waals surface area contributed by atoms with E-state index in [1.54, 1.807) is 7.11 Å². The number of anilines is 1. The molecule has 118 valence electrons. The van der Waals surface area contributed by atoms with Crippen molar-refractivity contribution in [1.29, 1.82) is 0 Å². The van der Waals surface area contributed by atoms with Crippen molar-refractivity contribution in [3.8, 4) is 0 Å². The summed E-state index contributed by atoms with van der Waals surface area (Å²) >= 11 is 0. The fraction of sp³-hybridized carbons (Fsp3) is 0.812. The second-order valence-corrected chi connectivity index (χ2v) is 6.44. The number of rotatable bonds is 6. The van der Waals surface area contributed by atoms with Gasteiger partial charge in [0, 0.05) is 45.1 Å². The first-order chi connectivity index (χ1) is 10.3. The lowest BCUT2D eigenvalue weighted by Gasteiger charge is -2.35. The van der Waals surface area contributed by atoms with Crippen molar-refractivity contribution >= 4 is 5.95 Å². The van der Waals surface area contributed by atoms with E-state index in [2.05, 4.69) is 32.9 Å². The molecule has 0 aromatic carbocycles. The van der Waals surface area contributed by atoms with E-state index in [-0.39, 0.29) is 0 Å². The summed E-state index contributed by atoms with van der Waals surface area (Å²) in [5.41, 5.74) is 1.09. The molecule has 3 rings (SSSR count). The lowest BCUT2D eigenvalue weighted by molar-refractivity contribution is 0.186. The number of fused-ring (bicyclic) bond motifs is 1. The minimum absolute atomic E-state index is 0.576. The lowest BCUT2D eigenvalue weighted by Crippen LogP contribution is -2.43. The van der Waals surface area contributed by atoms with Gasteiger partial charge in [0.25, 0.3) is 0 Å². The molecule has 5 nitrogen and oxygen atoms in total. The van der Waals surface area contributed by atoms with E-state index in [0.717, 1.165) is 37.3 Å². The Kier molecular flexibility index (Phi) is 4.80. The number of methoxy groups -OCH3 is 1. The van der Waals surface area contributed by atoms with Crippen molar-refractivity contribution < 1.29 is 4.74 Å². The van der Waals surface area contributed by atoms with Gasteiger partial charge in [0.05, 0.1) is 5.69 Å². The Hall–Kier alpha value is -1.07. The van der Waals surface area contributed by atoms with Crippen LogP contribution in [-0.4, -0.2) is 53.3 Å². The minimum Gasteiger partial charge on any atom is -0.385 e.